The second-order valence-corrected chi connectivity index (χ2v) is 11.9. The number of hydrogen-bond donors (Lipinski definition) is 15. The van der Waals surface area contributed by atoms with Crippen LogP contribution in [0.2, 0.25) is 0 Å². The zero-order valence-electron chi connectivity index (χ0n) is 24.0. The van der Waals surface area contributed by atoms with Crippen molar-refractivity contribution in [2.24, 2.45) is 5.92 Å². The van der Waals surface area contributed by atoms with Crippen LogP contribution in [0.4, 0.5) is 0 Å². The molecule has 0 aromatic rings. The third-order valence-electron chi connectivity index (χ3n) is 9.00. The lowest BCUT2D eigenvalue weighted by Crippen LogP contribution is -2.66. The van der Waals surface area contributed by atoms with E-state index < -0.39 is 142 Å². The molecule has 19 nitrogen and oxygen atoms in total. The van der Waals surface area contributed by atoms with Gasteiger partial charge in [-0.05, 0) is 12.0 Å². The molecule has 4 aliphatic rings. The summed E-state index contributed by atoms with van der Waals surface area (Å²) in [5, 5.41) is 146. The van der Waals surface area contributed by atoms with Crippen LogP contribution in [0.25, 0.3) is 0 Å². The number of aliphatic hydroxyl groups excluding tert-OH is 14. The molecule has 2 aliphatic carbocycles. The quantitative estimate of drug-likeness (QED) is 0.0968. The molecular formula is C26H45NO18. The first-order valence-corrected chi connectivity index (χ1v) is 14.6. The van der Waals surface area contributed by atoms with Crippen LogP contribution in [0.15, 0.2) is 11.6 Å². The zero-order chi connectivity index (χ0) is 33.3. The van der Waals surface area contributed by atoms with Crippen molar-refractivity contribution in [3.8, 4) is 0 Å². The van der Waals surface area contributed by atoms with Crippen molar-refractivity contribution in [2.45, 2.75) is 117 Å². The summed E-state index contributed by atoms with van der Waals surface area (Å²) in [6, 6.07) is -2.23. The van der Waals surface area contributed by atoms with Gasteiger partial charge in [-0.15, -0.1) is 0 Å². The number of nitrogens with one attached hydrogen (secondary N) is 1. The van der Waals surface area contributed by atoms with E-state index in [0.717, 1.165) is 0 Å². The van der Waals surface area contributed by atoms with Crippen LogP contribution in [0.5, 0.6) is 0 Å². The van der Waals surface area contributed by atoms with Crippen molar-refractivity contribution in [3.63, 3.8) is 0 Å². The second kappa shape index (κ2) is 15.5. The van der Waals surface area contributed by atoms with Gasteiger partial charge in [-0.1, -0.05) is 6.08 Å². The number of rotatable bonds is 10. The molecule has 0 spiro atoms. The van der Waals surface area contributed by atoms with Gasteiger partial charge >= 0.3 is 0 Å². The first kappa shape index (κ1) is 36.8. The molecule has 0 aromatic carbocycles. The van der Waals surface area contributed by atoms with E-state index in [-0.39, 0.29) is 12.0 Å². The Kier molecular flexibility index (Phi) is 12.7. The van der Waals surface area contributed by atoms with E-state index in [4.69, 9.17) is 18.9 Å². The third kappa shape index (κ3) is 7.37. The molecule has 2 heterocycles. The predicted octanol–water partition coefficient (Wildman–Crippen LogP) is -8.93. The maximum atomic E-state index is 11.0. The Morgan fingerprint density at radius 2 is 1.13 bits per heavy atom. The average molecular weight is 660 g/mol. The fourth-order valence-electron chi connectivity index (χ4n) is 6.25. The highest BCUT2D eigenvalue weighted by molar-refractivity contribution is 5.23. The first-order valence-electron chi connectivity index (χ1n) is 14.6. The minimum Gasteiger partial charge on any atom is -0.396 e. The smallest absolute Gasteiger partial charge is 0.187 e. The monoisotopic (exact) mass is 659 g/mol. The maximum Gasteiger partial charge on any atom is 0.187 e. The van der Waals surface area contributed by atoms with E-state index in [1.165, 1.54) is 6.08 Å². The highest BCUT2D eigenvalue weighted by Crippen LogP contribution is 2.34. The summed E-state index contributed by atoms with van der Waals surface area (Å²) in [6.07, 6.45) is -25.0. The van der Waals surface area contributed by atoms with Gasteiger partial charge in [0.25, 0.3) is 0 Å². The van der Waals surface area contributed by atoms with E-state index >= 15 is 0 Å². The molecule has 0 amide bonds. The van der Waals surface area contributed by atoms with E-state index in [1.807, 2.05) is 0 Å². The lowest BCUT2D eigenvalue weighted by molar-refractivity contribution is -0.328. The molecule has 15 N–H and O–H groups in total. The van der Waals surface area contributed by atoms with Crippen LogP contribution >= 0.6 is 0 Å². The Morgan fingerprint density at radius 1 is 0.600 bits per heavy atom. The summed E-state index contributed by atoms with van der Waals surface area (Å²) in [5.41, 5.74) is -0.0179. The lowest BCUT2D eigenvalue weighted by atomic mass is 9.78. The van der Waals surface area contributed by atoms with Crippen LogP contribution in [0.3, 0.4) is 0 Å². The van der Waals surface area contributed by atoms with Crippen molar-refractivity contribution >= 4 is 0 Å². The van der Waals surface area contributed by atoms with Crippen LogP contribution in [0, 0.1) is 5.92 Å². The largest absolute Gasteiger partial charge is 0.396 e. The van der Waals surface area contributed by atoms with Crippen molar-refractivity contribution in [1.82, 2.24) is 5.32 Å². The Labute approximate surface area is 256 Å². The molecule has 1 saturated carbocycles. The van der Waals surface area contributed by atoms with Crippen LogP contribution in [-0.4, -0.2) is 208 Å². The molecule has 0 aromatic heterocycles. The van der Waals surface area contributed by atoms with Crippen molar-refractivity contribution in [3.05, 3.63) is 11.6 Å². The Hall–Kier alpha value is -1.02. The van der Waals surface area contributed by atoms with E-state index in [9.17, 15) is 71.5 Å². The van der Waals surface area contributed by atoms with Crippen LogP contribution < -0.4 is 5.32 Å². The minimum atomic E-state index is -1.82. The van der Waals surface area contributed by atoms with E-state index in [0.29, 0.717) is 0 Å². The Bertz CT molecular complexity index is 972. The molecule has 0 unspecified atom stereocenters. The normalized spacial score (nSPS) is 51.2. The predicted molar refractivity (Wildman–Crippen MR) is 142 cm³/mol. The highest BCUT2D eigenvalue weighted by Gasteiger charge is 2.52. The van der Waals surface area contributed by atoms with Crippen LogP contribution in [0.1, 0.15) is 6.42 Å². The summed E-state index contributed by atoms with van der Waals surface area (Å²) in [4.78, 5) is 0. The van der Waals surface area contributed by atoms with Gasteiger partial charge in [-0.25, -0.2) is 0 Å². The lowest BCUT2D eigenvalue weighted by Gasteiger charge is -2.48. The molecule has 45 heavy (non-hydrogen) atoms. The summed E-state index contributed by atoms with van der Waals surface area (Å²) < 4.78 is 21.8. The highest BCUT2D eigenvalue weighted by atomic mass is 16.7. The van der Waals surface area contributed by atoms with Crippen molar-refractivity contribution in [2.75, 3.05) is 26.4 Å². The van der Waals surface area contributed by atoms with E-state index in [2.05, 4.69) is 5.32 Å². The number of aliphatic hydroxyl groups is 14. The van der Waals surface area contributed by atoms with Crippen molar-refractivity contribution < 1.29 is 90.4 Å². The second-order valence-electron chi connectivity index (χ2n) is 11.9. The molecule has 19 atom stereocenters. The van der Waals surface area contributed by atoms with Gasteiger partial charge < -0.3 is 95.8 Å². The minimum absolute atomic E-state index is 0.0179. The number of hydrogen-bond acceptors (Lipinski definition) is 19. The molecule has 3 fully saturated rings. The summed E-state index contributed by atoms with van der Waals surface area (Å²) >= 11 is 0. The molecule has 2 aliphatic heterocycles. The Morgan fingerprint density at radius 3 is 1.62 bits per heavy atom. The maximum absolute atomic E-state index is 11.0. The average Bonchev–Trinajstić information content (AvgIpc) is 3.03. The van der Waals surface area contributed by atoms with Gasteiger partial charge in [0.05, 0.1) is 38.1 Å². The molecule has 19 heteroatoms. The van der Waals surface area contributed by atoms with Gasteiger partial charge in [0.15, 0.2) is 12.6 Å². The molecule has 4 rings (SSSR count). The zero-order valence-corrected chi connectivity index (χ0v) is 24.0. The Balaban J connectivity index is 1.45. The fraction of sp³-hybridized carbons (Fsp3) is 0.923. The van der Waals surface area contributed by atoms with Gasteiger partial charge in [-0.2, -0.15) is 0 Å². The molecule has 0 bridgehead atoms. The van der Waals surface area contributed by atoms with Gasteiger partial charge in [0.1, 0.15) is 73.2 Å². The molecule has 2 saturated heterocycles. The summed E-state index contributed by atoms with van der Waals surface area (Å²) in [5.74, 6) is -0.928. The van der Waals surface area contributed by atoms with Crippen LogP contribution in [-0.2, 0) is 18.9 Å². The summed E-state index contributed by atoms with van der Waals surface area (Å²) in [6.45, 7) is -2.81. The molecular weight excluding hydrogens is 614 g/mol. The third-order valence-corrected chi connectivity index (χ3v) is 9.00. The first-order chi connectivity index (χ1) is 21.3. The summed E-state index contributed by atoms with van der Waals surface area (Å²) in [7, 11) is 0. The molecule has 262 valence electrons. The fourth-order valence-corrected chi connectivity index (χ4v) is 6.25. The standard InChI is InChI=1S/C26H45NO18/c28-3-7-1-9(13(32)19(38)23(7)44-25-21(40)17(36)15(34)11(5-30)42-25)27-10-2-8(4-29)24(20(39)14(10)33)45-26-22(41)18(37)16(35)12(6-31)43-26/h1,8-41H,2-6H2/t8-,9+,10-,11+,12+,13-,14+,15+,16+,17-,18-,19+,20-,21+,22+,23+,24-,25-,26-/m1/s1. The van der Waals surface area contributed by atoms with Gasteiger partial charge in [0.2, 0.25) is 0 Å². The topological polar surface area (TPSA) is 332 Å². The SMILES string of the molecule is OCC1=C[C@H](N[C@@H]2C[C@H](CO)[C@@H](O[C@H]3O[C@@H](CO)[C@H](O)[C@@H](O)[C@@H]3O)[C@H](O)[C@H]2O)[C@@H](O)[C@H](O)[C@H]1O[C@H]1O[C@@H](CO)[C@H](O)[C@@H](O)[C@@H]1O. The van der Waals surface area contributed by atoms with Gasteiger partial charge in [-0.3, -0.25) is 0 Å². The number of ether oxygens (including phenoxy) is 4. The molecule has 0 radical (unpaired) electrons. The van der Waals surface area contributed by atoms with E-state index in [1.54, 1.807) is 0 Å². The van der Waals surface area contributed by atoms with Gasteiger partial charge in [0, 0.05) is 18.6 Å². The van der Waals surface area contributed by atoms with Crippen molar-refractivity contribution in [1.29, 1.82) is 0 Å².